The van der Waals surface area contributed by atoms with Crippen LogP contribution in [0.5, 0.6) is 0 Å². The monoisotopic (exact) mass is 448 g/mol. The van der Waals surface area contributed by atoms with Crippen molar-refractivity contribution in [1.82, 2.24) is 0 Å². The van der Waals surface area contributed by atoms with Crippen molar-refractivity contribution in [1.29, 1.82) is 0 Å². The van der Waals surface area contributed by atoms with Gasteiger partial charge in [-0.1, -0.05) is 55.5 Å². The van der Waals surface area contributed by atoms with Crippen LogP contribution in [0.1, 0.15) is 19.8 Å². The Kier molecular flexibility index (Phi) is 12.6. The van der Waals surface area contributed by atoms with E-state index in [2.05, 4.69) is 75.2 Å². The summed E-state index contributed by atoms with van der Waals surface area (Å²) in [5, 5.41) is 0. The average Bonchev–Trinajstić information content (AvgIpc) is 3.06. The summed E-state index contributed by atoms with van der Waals surface area (Å²) in [6.45, 7) is 10.0. The predicted octanol–water partition coefficient (Wildman–Crippen LogP) is -0.886. The summed E-state index contributed by atoms with van der Waals surface area (Å²) in [4.78, 5) is 0. The van der Waals surface area contributed by atoms with Gasteiger partial charge in [0.25, 0.3) is 0 Å². The molecule has 0 heterocycles. The maximum absolute atomic E-state index is 6.15. The van der Waals surface area contributed by atoms with Crippen LogP contribution in [-0.4, -0.2) is 14.9 Å². The molecule has 1 nitrogen and oxygen atoms in total. The van der Waals surface area contributed by atoms with Crippen molar-refractivity contribution in [3.8, 4) is 0 Å². The van der Waals surface area contributed by atoms with Crippen LogP contribution in [0.15, 0.2) is 48.6 Å². The Morgan fingerprint density at radius 3 is 1.57 bits per heavy atom. The minimum Gasteiger partial charge on any atom is -1.00 e. The van der Waals surface area contributed by atoms with Gasteiger partial charge >= 0.3 is 26.2 Å². The van der Waals surface area contributed by atoms with E-state index in [9.17, 15) is 0 Å². The van der Waals surface area contributed by atoms with E-state index in [1.807, 2.05) is 0 Å². The standard InChI is InChI=1S/C18H28OSi.2ClH.Zr/c1-5-18(16-10-6-7-11-16,17-12-8-9-13-17)14-15-19-20(2,3)4;;;/h6-13,16-17H,5,14-15H2,1-4H3;2*1H;/q;;;+2/p-2. The Balaban J connectivity index is 0. The van der Waals surface area contributed by atoms with Gasteiger partial charge in [-0.25, -0.2) is 0 Å². The zero-order valence-corrected chi connectivity index (χ0v) is 19.5. The van der Waals surface area contributed by atoms with E-state index in [1.54, 1.807) is 0 Å². The minimum atomic E-state index is -1.42. The molecule has 0 amide bonds. The zero-order valence-electron chi connectivity index (χ0n) is 14.6. The molecular weight excluding hydrogens is 422 g/mol. The molecule has 128 valence electrons. The van der Waals surface area contributed by atoms with Crippen LogP contribution < -0.4 is 24.8 Å². The maximum atomic E-state index is 6.15. The molecule has 23 heavy (non-hydrogen) atoms. The SMILES string of the molecule is CCC(CCO[Si](C)(C)C)(C1C=CC=C1)C1C=CC=C1.[Cl-].[Cl-].[Zr+2]. The first kappa shape index (κ1) is 25.8. The first-order chi connectivity index (χ1) is 9.48. The molecule has 0 aliphatic heterocycles. The Bertz CT molecular complexity index is 400. The van der Waals surface area contributed by atoms with Crippen LogP contribution in [-0.2, 0) is 30.6 Å². The van der Waals surface area contributed by atoms with Crippen LogP contribution in [0.3, 0.4) is 0 Å². The molecule has 2 rings (SSSR count). The summed E-state index contributed by atoms with van der Waals surface area (Å²) in [5.41, 5.74) is 0.270. The first-order valence-corrected chi connectivity index (χ1v) is 11.2. The molecule has 0 saturated carbocycles. The quantitative estimate of drug-likeness (QED) is 0.458. The van der Waals surface area contributed by atoms with Crippen molar-refractivity contribution >= 4 is 8.32 Å². The molecule has 2 aliphatic carbocycles. The van der Waals surface area contributed by atoms with E-state index in [-0.39, 0.29) is 56.4 Å². The van der Waals surface area contributed by atoms with Crippen molar-refractivity contribution < 1.29 is 55.4 Å². The van der Waals surface area contributed by atoms with E-state index in [1.165, 1.54) is 6.42 Å². The Morgan fingerprint density at radius 2 is 1.26 bits per heavy atom. The molecule has 0 spiro atoms. The van der Waals surface area contributed by atoms with Gasteiger partial charge in [0.05, 0.1) is 0 Å². The second kappa shape index (κ2) is 11.3. The molecule has 5 heteroatoms. The Hall–Kier alpha value is 0.600. The fraction of sp³-hybridized carbons (Fsp3) is 0.556. The summed E-state index contributed by atoms with van der Waals surface area (Å²) >= 11 is 0. The molecule has 0 saturated heterocycles. The molecule has 2 aliphatic rings. The van der Waals surface area contributed by atoms with Crippen LogP contribution in [0.25, 0.3) is 0 Å². The molecule has 0 aromatic heterocycles. The van der Waals surface area contributed by atoms with Gasteiger partial charge < -0.3 is 29.2 Å². The molecule has 0 bridgehead atoms. The van der Waals surface area contributed by atoms with Gasteiger partial charge in [0.15, 0.2) is 8.32 Å². The molecule has 0 fully saturated rings. The van der Waals surface area contributed by atoms with Gasteiger partial charge in [-0.05, 0) is 37.9 Å². The Labute approximate surface area is 174 Å². The number of rotatable bonds is 7. The van der Waals surface area contributed by atoms with E-state index in [0.717, 1.165) is 13.0 Å². The second-order valence-electron chi connectivity index (χ2n) is 6.89. The zero-order chi connectivity index (χ0) is 14.6. The van der Waals surface area contributed by atoms with Gasteiger partial charge in [0, 0.05) is 18.4 Å². The van der Waals surface area contributed by atoms with Crippen molar-refractivity contribution in [2.24, 2.45) is 17.3 Å². The van der Waals surface area contributed by atoms with Crippen LogP contribution in [0.2, 0.25) is 19.6 Å². The summed E-state index contributed by atoms with van der Waals surface area (Å²) in [5.74, 6) is 1.07. The first-order valence-electron chi connectivity index (χ1n) is 7.82. The van der Waals surface area contributed by atoms with Crippen molar-refractivity contribution in [3.05, 3.63) is 48.6 Å². The second-order valence-corrected chi connectivity index (χ2v) is 11.4. The van der Waals surface area contributed by atoms with E-state index < -0.39 is 8.32 Å². The van der Waals surface area contributed by atoms with Gasteiger partial charge in [-0.3, -0.25) is 0 Å². The molecule has 0 N–H and O–H groups in total. The van der Waals surface area contributed by atoms with Gasteiger partial charge in [0.2, 0.25) is 0 Å². The van der Waals surface area contributed by atoms with Crippen LogP contribution in [0, 0.1) is 17.3 Å². The van der Waals surface area contributed by atoms with Crippen molar-refractivity contribution in [3.63, 3.8) is 0 Å². The molecular formula is C18H28Cl2OSiZr. The average molecular weight is 451 g/mol. The van der Waals surface area contributed by atoms with Crippen LogP contribution >= 0.6 is 0 Å². The molecule has 0 aromatic rings. The van der Waals surface area contributed by atoms with Gasteiger partial charge in [-0.2, -0.15) is 0 Å². The molecule has 0 atom stereocenters. The van der Waals surface area contributed by atoms with Crippen molar-refractivity contribution in [2.45, 2.75) is 39.4 Å². The van der Waals surface area contributed by atoms with E-state index >= 15 is 0 Å². The third-order valence-electron chi connectivity index (χ3n) is 4.58. The van der Waals surface area contributed by atoms with Crippen molar-refractivity contribution in [2.75, 3.05) is 6.61 Å². The van der Waals surface area contributed by atoms with Gasteiger partial charge in [0.1, 0.15) is 0 Å². The third kappa shape index (κ3) is 6.78. The number of hydrogen-bond acceptors (Lipinski definition) is 1. The molecule has 0 aromatic carbocycles. The number of halogens is 2. The third-order valence-corrected chi connectivity index (χ3v) is 5.65. The normalized spacial score (nSPS) is 17.0. The molecule has 0 unspecified atom stereocenters. The van der Waals surface area contributed by atoms with Crippen LogP contribution in [0.4, 0.5) is 0 Å². The largest absolute Gasteiger partial charge is 2.00 e. The summed E-state index contributed by atoms with van der Waals surface area (Å²) in [7, 11) is -1.42. The Morgan fingerprint density at radius 1 is 0.870 bits per heavy atom. The summed E-state index contributed by atoms with van der Waals surface area (Å²) in [6, 6.07) is 0. The number of hydrogen-bond donors (Lipinski definition) is 0. The maximum Gasteiger partial charge on any atom is 2.00 e. The van der Waals surface area contributed by atoms with E-state index in [0.29, 0.717) is 11.8 Å². The van der Waals surface area contributed by atoms with E-state index in [4.69, 9.17) is 4.43 Å². The molecule has 0 radical (unpaired) electrons. The fourth-order valence-corrected chi connectivity index (χ4v) is 4.10. The fourth-order valence-electron chi connectivity index (χ4n) is 3.38. The van der Waals surface area contributed by atoms with Gasteiger partial charge in [-0.15, -0.1) is 0 Å². The predicted molar refractivity (Wildman–Crippen MR) is 90.2 cm³/mol. The summed E-state index contributed by atoms with van der Waals surface area (Å²) < 4.78 is 6.15. The smallest absolute Gasteiger partial charge is 1.00 e. The minimum absolute atomic E-state index is 0. The topological polar surface area (TPSA) is 9.23 Å². The summed E-state index contributed by atoms with van der Waals surface area (Å²) in [6.07, 6.45) is 20.5. The number of allylic oxidation sites excluding steroid dienone is 8.